The van der Waals surface area contributed by atoms with Gasteiger partial charge < -0.3 is 9.64 Å². The second-order valence-electron chi connectivity index (χ2n) is 7.97. The number of carbonyl (C=O) groups excluding carboxylic acids is 1. The second kappa shape index (κ2) is 9.54. The molecule has 1 unspecified atom stereocenters. The Kier molecular flexibility index (Phi) is 6.73. The third-order valence-electron chi connectivity index (χ3n) is 5.56. The van der Waals surface area contributed by atoms with Crippen LogP contribution in [0.3, 0.4) is 0 Å². The third-order valence-corrected chi connectivity index (χ3v) is 7.08. The van der Waals surface area contributed by atoms with Gasteiger partial charge in [0, 0.05) is 37.1 Å². The molecule has 10 heteroatoms. The van der Waals surface area contributed by atoms with Gasteiger partial charge in [-0.05, 0) is 54.3 Å². The lowest BCUT2D eigenvalue weighted by molar-refractivity contribution is -0.119. The zero-order valence-corrected chi connectivity index (χ0v) is 19.9. The first-order valence-corrected chi connectivity index (χ1v) is 12.3. The molecule has 0 saturated heterocycles. The summed E-state index contributed by atoms with van der Waals surface area (Å²) in [7, 11) is -0.638. The summed E-state index contributed by atoms with van der Waals surface area (Å²) in [5.74, 6) is -0.0701. The monoisotopic (exact) mass is 488 g/mol. The van der Waals surface area contributed by atoms with E-state index in [1.165, 1.54) is 10.7 Å². The van der Waals surface area contributed by atoms with Crippen LogP contribution in [-0.2, 0) is 39.4 Å². The summed E-state index contributed by atoms with van der Waals surface area (Å²) in [5, 5.41) is 4.56. The van der Waals surface area contributed by atoms with Crippen LogP contribution in [0.1, 0.15) is 17.5 Å². The molecule has 0 bridgehead atoms. The molecule has 0 saturated carbocycles. The van der Waals surface area contributed by atoms with E-state index in [1.807, 2.05) is 30.3 Å². The van der Waals surface area contributed by atoms with Gasteiger partial charge in [0.05, 0.1) is 18.7 Å². The van der Waals surface area contributed by atoms with Crippen molar-refractivity contribution in [2.75, 3.05) is 23.3 Å². The highest BCUT2D eigenvalue weighted by molar-refractivity contribution is 7.92. The molecule has 2 aromatic carbocycles. The maximum atomic E-state index is 13.1. The fourth-order valence-corrected chi connectivity index (χ4v) is 5.16. The Morgan fingerprint density at radius 2 is 1.97 bits per heavy atom. The number of rotatable bonds is 8. The third kappa shape index (κ3) is 5.21. The first-order valence-electron chi connectivity index (χ1n) is 10.5. The van der Waals surface area contributed by atoms with Gasteiger partial charge in [-0.25, -0.2) is 0 Å². The minimum atomic E-state index is -3.85. The van der Waals surface area contributed by atoms with Crippen LogP contribution < -0.4 is 9.62 Å². The maximum absolute atomic E-state index is 13.1. The average Bonchev–Trinajstić information content (AvgIpc) is 3.37. The Balaban J connectivity index is 1.62. The van der Waals surface area contributed by atoms with Gasteiger partial charge in [0.1, 0.15) is 0 Å². The van der Waals surface area contributed by atoms with E-state index in [4.69, 9.17) is 16.3 Å². The van der Waals surface area contributed by atoms with E-state index in [1.54, 1.807) is 37.4 Å². The Labute approximate surface area is 198 Å². The van der Waals surface area contributed by atoms with Gasteiger partial charge in [0.15, 0.2) is 5.03 Å². The molecule has 0 fully saturated rings. The summed E-state index contributed by atoms with van der Waals surface area (Å²) in [6, 6.07) is 14.2. The van der Waals surface area contributed by atoms with Gasteiger partial charge in [-0.2, -0.15) is 13.5 Å². The predicted molar refractivity (Wildman–Crippen MR) is 127 cm³/mol. The number of amides is 1. The number of ether oxygens (including phenoxy) is 1. The van der Waals surface area contributed by atoms with E-state index in [-0.39, 0.29) is 23.4 Å². The van der Waals surface area contributed by atoms with Crippen molar-refractivity contribution in [3.05, 3.63) is 70.9 Å². The molecule has 8 nitrogen and oxygen atoms in total. The summed E-state index contributed by atoms with van der Waals surface area (Å²) in [6.07, 6.45) is 3.12. The number of fused-ring (bicyclic) bond motifs is 1. The molecule has 2 heterocycles. The topological polar surface area (TPSA) is 93.5 Å². The molecule has 1 amide bonds. The highest BCUT2D eigenvalue weighted by Crippen LogP contribution is 2.37. The number of sulfonamides is 1. The van der Waals surface area contributed by atoms with Crippen LogP contribution in [0.15, 0.2) is 59.8 Å². The highest BCUT2D eigenvalue weighted by atomic mass is 35.5. The molecule has 0 spiro atoms. The first-order chi connectivity index (χ1) is 15.8. The largest absolute Gasteiger partial charge is 0.384 e. The smallest absolute Gasteiger partial charge is 0.281 e. The summed E-state index contributed by atoms with van der Waals surface area (Å²) in [6.45, 7) is 0.310. The van der Waals surface area contributed by atoms with Crippen molar-refractivity contribution in [1.29, 1.82) is 0 Å². The number of methoxy groups -OCH3 is 1. The van der Waals surface area contributed by atoms with Gasteiger partial charge in [-0.15, -0.1) is 0 Å². The van der Waals surface area contributed by atoms with Gasteiger partial charge in [0.25, 0.3) is 10.0 Å². The molecule has 3 aromatic rings. The fraction of sp³-hybridized carbons (Fsp3) is 0.304. The molecule has 1 atom stereocenters. The minimum absolute atomic E-state index is 0.0701. The van der Waals surface area contributed by atoms with Crippen molar-refractivity contribution in [2.45, 2.75) is 30.3 Å². The SMILES string of the molecule is COCCC(=O)N1c2cc(NS(=O)(=O)c3ccn(C)n3)ccc2CC1Cc1ccc(Cl)cc1. The number of nitrogens with zero attached hydrogens (tertiary/aromatic N) is 3. The molecule has 0 radical (unpaired) electrons. The Hall–Kier alpha value is -2.88. The summed E-state index contributed by atoms with van der Waals surface area (Å²) < 4.78 is 34.5. The van der Waals surface area contributed by atoms with E-state index in [0.717, 1.165) is 11.1 Å². The number of hydrogen-bond acceptors (Lipinski definition) is 5. The van der Waals surface area contributed by atoms with Gasteiger partial charge in [0.2, 0.25) is 5.91 Å². The van der Waals surface area contributed by atoms with Crippen LogP contribution in [0.2, 0.25) is 5.02 Å². The van der Waals surface area contributed by atoms with Crippen LogP contribution in [0.25, 0.3) is 0 Å². The number of anilines is 2. The Bertz CT molecular complexity index is 1260. The number of hydrogen-bond donors (Lipinski definition) is 1. The quantitative estimate of drug-likeness (QED) is 0.524. The van der Waals surface area contributed by atoms with E-state index >= 15 is 0 Å². The van der Waals surface area contributed by atoms with Crippen LogP contribution in [-0.4, -0.2) is 43.9 Å². The minimum Gasteiger partial charge on any atom is -0.384 e. The van der Waals surface area contributed by atoms with Gasteiger partial charge in [-0.1, -0.05) is 29.8 Å². The molecule has 1 N–H and O–H groups in total. The predicted octanol–water partition coefficient (Wildman–Crippen LogP) is 3.41. The Morgan fingerprint density at radius 3 is 2.64 bits per heavy atom. The van der Waals surface area contributed by atoms with Crippen LogP contribution in [0.4, 0.5) is 11.4 Å². The van der Waals surface area contributed by atoms with Crippen molar-refractivity contribution < 1.29 is 17.9 Å². The fourth-order valence-electron chi connectivity index (χ4n) is 4.01. The zero-order valence-electron chi connectivity index (χ0n) is 18.4. The first kappa shape index (κ1) is 23.3. The van der Waals surface area contributed by atoms with Gasteiger partial charge in [-0.3, -0.25) is 14.2 Å². The van der Waals surface area contributed by atoms with E-state index in [2.05, 4.69) is 9.82 Å². The Morgan fingerprint density at radius 1 is 1.21 bits per heavy atom. The lowest BCUT2D eigenvalue weighted by atomic mass is 10.0. The molecular formula is C23H25ClN4O4S. The van der Waals surface area contributed by atoms with Crippen LogP contribution >= 0.6 is 11.6 Å². The zero-order chi connectivity index (χ0) is 23.6. The van der Waals surface area contributed by atoms with Crippen molar-refractivity contribution >= 4 is 38.9 Å². The number of aryl methyl sites for hydroxylation is 1. The van der Waals surface area contributed by atoms with Crippen molar-refractivity contribution in [1.82, 2.24) is 9.78 Å². The summed E-state index contributed by atoms with van der Waals surface area (Å²) in [4.78, 5) is 14.9. The molecule has 33 heavy (non-hydrogen) atoms. The second-order valence-corrected chi connectivity index (χ2v) is 10.0. The molecule has 0 aliphatic carbocycles. The van der Waals surface area contributed by atoms with Crippen LogP contribution in [0.5, 0.6) is 0 Å². The standard InChI is InChI=1S/C23H25ClN4O4S/c1-27-11-9-22(25-27)33(30,31)26-19-8-5-17-14-20(13-16-3-6-18(24)7-4-16)28(21(17)15-19)23(29)10-12-32-2/h3-9,11,15,20,26H,10,12-14H2,1-2H3. The number of halogens is 1. The lowest BCUT2D eigenvalue weighted by Gasteiger charge is -2.26. The molecule has 4 rings (SSSR count). The normalized spacial score (nSPS) is 15.5. The molecule has 174 valence electrons. The van der Waals surface area contributed by atoms with E-state index in [0.29, 0.717) is 35.8 Å². The van der Waals surface area contributed by atoms with Crippen molar-refractivity contribution in [2.24, 2.45) is 7.05 Å². The van der Waals surface area contributed by atoms with Crippen molar-refractivity contribution in [3.8, 4) is 0 Å². The average molecular weight is 489 g/mol. The number of carbonyl (C=O) groups is 1. The van der Waals surface area contributed by atoms with Crippen molar-refractivity contribution in [3.63, 3.8) is 0 Å². The molecule has 1 aromatic heterocycles. The summed E-state index contributed by atoms with van der Waals surface area (Å²) in [5.41, 5.74) is 3.13. The highest BCUT2D eigenvalue weighted by Gasteiger charge is 2.34. The number of benzene rings is 2. The molecular weight excluding hydrogens is 464 g/mol. The number of nitrogens with one attached hydrogen (secondary N) is 1. The van der Waals surface area contributed by atoms with E-state index in [9.17, 15) is 13.2 Å². The van der Waals surface area contributed by atoms with E-state index < -0.39 is 10.0 Å². The lowest BCUT2D eigenvalue weighted by Crippen LogP contribution is -2.39. The van der Waals surface area contributed by atoms with Crippen LogP contribution in [0, 0.1) is 0 Å². The summed E-state index contributed by atoms with van der Waals surface area (Å²) >= 11 is 6.01. The number of aromatic nitrogens is 2. The molecule has 1 aliphatic heterocycles. The maximum Gasteiger partial charge on any atom is 0.281 e. The molecule has 1 aliphatic rings. The van der Waals surface area contributed by atoms with Gasteiger partial charge >= 0.3 is 0 Å².